The monoisotopic (exact) mass is 621 g/mol. The molecule has 2 aliphatic heterocycles. The number of amides is 3. The van der Waals surface area contributed by atoms with Gasteiger partial charge in [-0.2, -0.15) is 23.1 Å². The molecule has 1 aromatic heterocycles. The Balaban J connectivity index is 1.32. The summed E-state index contributed by atoms with van der Waals surface area (Å²) in [6.45, 7) is 6.44. The van der Waals surface area contributed by atoms with Crippen LogP contribution in [0.5, 0.6) is 0 Å². The molecular formula is C29H29ClF3N4O4S+. The number of hydrogen-bond donors (Lipinski definition) is 1. The molecule has 3 heterocycles. The highest BCUT2D eigenvalue weighted by Gasteiger charge is 2.54. The molecule has 0 spiro atoms. The molecule has 0 radical (unpaired) electrons. The summed E-state index contributed by atoms with van der Waals surface area (Å²) in [5.41, 5.74) is -0.0940. The van der Waals surface area contributed by atoms with Crippen molar-refractivity contribution in [1.29, 1.82) is 0 Å². The molecule has 2 saturated heterocycles. The Morgan fingerprint density at radius 1 is 1.19 bits per heavy atom. The second-order valence-corrected chi connectivity index (χ2v) is 13.1. The van der Waals surface area contributed by atoms with Crippen LogP contribution in [-0.2, 0) is 17.5 Å². The Hall–Kier alpha value is -3.35. The first-order chi connectivity index (χ1) is 19.6. The van der Waals surface area contributed by atoms with Crippen molar-refractivity contribution in [3.63, 3.8) is 0 Å². The summed E-state index contributed by atoms with van der Waals surface area (Å²) in [4.78, 5) is 39.5. The topological polar surface area (TPSA) is 92.5 Å². The summed E-state index contributed by atoms with van der Waals surface area (Å²) >= 11 is 6.62. The zero-order valence-corrected chi connectivity index (χ0v) is 24.7. The Bertz CT molecular complexity index is 1630. The maximum Gasteiger partial charge on any atom is 0.513 e. The molecule has 2 aromatic carbocycles. The summed E-state index contributed by atoms with van der Waals surface area (Å²) < 4.78 is 42.0. The average molecular weight is 622 g/mol. The van der Waals surface area contributed by atoms with Crippen molar-refractivity contribution in [2.75, 3.05) is 19.6 Å². The molecule has 3 amide bonds. The van der Waals surface area contributed by atoms with Crippen molar-refractivity contribution < 1.29 is 37.1 Å². The number of carboxylic acid groups (broad SMARTS) is 1. The molecule has 5 rings (SSSR count). The van der Waals surface area contributed by atoms with Crippen molar-refractivity contribution in [3.8, 4) is 0 Å². The number of nitrogens with zero attached hydrogens (tertiary/aromatic N) is 4. The van der Waals surface area contributed by atoms with Crippen LogP contribution in [0.25, 0.3) is 17.0 Å². The maximum atomic E-state index is 13.6. The van der Waals surface area contributed by atoms with Gasteiger partial charge in [0.2, 0.25) is 0 Å². The molecule has 13 heteroatoms. The van der Waals surface area contributed by atoms with Crippen molar-refractivity contribution in [2.24, 2.45) is 5.92 Å². The number of imide groups is 1. The van der Waals surface area contributed by atoms with Crippen LogP contribution in [0.1, 0.15) is 43.9 Å². The summed E-state index contributed by atoms with van der Waals surface area (Å²) in [5.74, 6) is -0.562. The second-order valence-electron chi connectivity index (χ2n) is 11.7. The molecule has 2 aliphatic rings. The molecule has 42 heavy (non-hydrogen) atoms. The number of thioether (sulfide) groups is 1. The van der Waals surface area contributed by atoms with Crippen molar-refractivity contribution in [1.82, 2.24) is 14.7 Å². The van der Waals surface area contributed by atoms with E-state index in [1.54, 1.807) is 24.3 Å². The van der Waals surface area contributed by atoms with Gasteiger partial charge < -0.3 is 5.11 Å². The van der Waals surface area contributed by atoms with Gasteiger partial charge in [0.25, 0.3) is 11.1 Å². The van der Waals surface area contributed by atoms with E-state index in [1.807, 2.05) is 20.8 Å². The Labute approximate surface area is 249 Å². The Kier molecular flexibility index (Phi) is 7.70. The highest BCUT2D eigenvalue weighted by molar-refractivity contribution is 8.18. The van der Waals surface area contributed by atoms with Crippen LogP contribution in [0.15, 0.2) is 47.5 Å². The van der Waals surface area contributed by atoms with E-state index in [0.29, 0.717) is 36.0 Å². The molecule has 1 unspecified atom stereocenters. The van der Waals surface area contributed by atoms with Crippen molar-refractivity contribution in [3.05, 3.63) is 69.2 Å². The molecule has 8 nitrogen and oxygen atoms in total. The largest absolute Gasteiger partial charge is 0.513 e. The highest BCUT2D eigenvalue weighted by atomic mass is 35.5. The van der Waals surface area contributed by atoms with Crippen LogP contribution in [-0.4, -0.2) is 66.7 Å². The van der Waals surface area contributed by atoms with Crippen LogP contribution in [0.2, 0.25) is 5.02 Å². The van der Waals surface area contributed by atoms with Gasteiger partial charge in [0.05, 0.1) is 41.8 Å². The van der Waals surface area contributed by atoms with Crippen LogP contribution in [0.4, 0.5) is 22.8 Å². The van der Waals surface area contributed by atoms with Gasteiger partial charge in [-0.25, -0.2) is 4.48 Å². The lowest BCUT2D eigenvalue weighted by atomic mass is 10.0. The SMILES string of the molecule is CC(C)(C)[N+]1(C(=O)O)CC[C@H](CN2C(=O)S/C(=C\c3ccc4c(cnn4Cc4ccc(Cl)cc4C(F)(F)F)c3)C2=O)C1. The van der Waals surface area contributed by atoms with Gasteiger partial charge in [-0.3, -0.25) is 19.2 Å². The summed E-state index contributed by atoms with van der Waals surface area (Å²) in [6, 6.07) is 8.79. The number of hydrogen-bond acceptors (Lipinski definition) is 5. The minimum absolute atomic E-state index is 0.00820. The molecule has 0 bridgehead atoms. The molecule has 0 saturated carbocycles. The van der Waals surface area contributed by atoms with Gasteiger partial charge in [0, 0.05) is 29.3 Å². The zero-order chi connectivity index (χ0) is 30.6. The van der Waals surface area contributed by atoms with Gasteiger partial charge in [-0.05, 0) is 74.0 Å². The number of rotatable bonds is 5. The number of alkyl halides is 3. The third-order valence-corrected chi connectivity index (χ3v) is 9.26. The molecule has 222 valence electrons. The quantitative estimate of drug-likeness (QED) is 0.241. The first-order valence-corrected chi connectivity index (χ1v) is 14.5. The van der Waals surface area contributed by atoms with E-state index in [-0.39, 0.29) is 39.0 Å². The van der Waals surface area contributed by atoms with E-state index in [9.17, 15) is 32.7 Å². The predicted octanol–water partition coefficient (Wildman–Crippen LogP) is 7.11. The summed E-state index contributed by atoms with van der Waals surface area (Å²) in [6.07, 6.45) is -1.76. The molecule has 0 aliphatic carbocycles. The third-order valence-electron chi connectivity index (χ3n) is 8.11. The summed E-state index contributed by atoms with van der Waals surface area (Å²) in [5, 5.41) is 14.5. The first kappa shape index (κ1) is 30.1. The minimum Gasteiger partial charge on any atom is -0.435 e. The average Bonchev–Trinajstić information content (AvgIpc) is 3.58. The Morgan fingerprint density at radius 2 is 1.93 bits per heavy atom. The van der Waals surface area contributed by atoms with Crippen molar-refractivity contribution >= 4 is 57.6 Å². The molecule has 3 aromatic rings. The minimum atomic E-state index is -4.57. The number of halogens is 4. The lowest BCUT2D eigenvalue weighted by Crippen LogP contribution is -2.62. The standard InChI is InChI=1S/C29H28ClF3N4O4S/c1-28(2,3)37(27(40)41)9-8-18(16-37)14-35-25(38)24(42-26(35)39)11-17-4-7-23-20(10-17)13-34-36(23)15-19-5-6-21(30)12-22(19)29(31,32)33/h4-7,10-13,18H,8-9,14-16H2,1-3H3/p+1/b24-11-/t18-,37?/m1/s1. The molecule has 2 atom stereocenters. The van der Waals surface area contributed by atoms with Crippen molar-refractivity contribution in [2.45, 2.75) is 45.5 Å². The molecular weight excluding hydrogens is 593 g/mol. The fourth-order valence-electron chi connectivity index (χ4n) is 5.75. The maximum absolute atomic E-state index is 13.6. The zero-order valence-electron chi connectivity index (χ0n) is 23.1. The van der Waals surface area contributed by atoms with E-state index in [2.05, 4.69) is 5.10 Å². The number of carbonyl (C=O) groups is 3. The first-order valence-electron chi connectivity index (χ1n) is 13.3. The van der Waals surface area contributed by atoms with Gasteiger partial charge in [-0.15, -0.1) is 0 Å². The smallest absolute Gasteiger partial charge is 0.435 e. The highest BCUT2D eigenvalue weighted by Crippen LogP contribution is 2.38. The van der Waals surface area contributed by atoms with Gasteiger partial charge in [-0.1, -0.05) is 23.7 Å². The van der Waals surface area contributed by atoms with E-state index in [4.69, 9.17) is 11.6 Å². The fraction of sp³-hybridized carbons (Fsp3) is 0.379. The van der Waals surface area contributed by atoms with Gasteiger partial charge in [0.1, 0.15) is 5.54 Å². The predicted molar refractivity (Wildman–Crippen MR) is 154 cm³/mol. The van der Waals surface area contributed by atoms with E-state index in [0.717, 1.165) is 17.8 Å². The number of carbonyl (C=O) groups excluding carboxylic acids is 2. The van der Waals surface area contributed by atoms with Crippen LogP contribution in [0.3, 0.4) is 0 Å². The number of fused-ring (bicyclic) bond motifs is 1. The Morgan fingerprint density at radius 3 is 2.57 bits per heavy atom. The lowest BCUT2D eigenvalue weighted by Gasteiger charge is -2.40. The normalized spacial score (nSPS) is 22.6. The number of quaternary nitrogens is 1. The third kappa shape index (κ3) is 5.55. The van der Waals surface area contributed by atoms with Crippen LogP contribution < -0.4 is 0 Å². The summed E-state index contributed by atoms with van der Waals surface area (Å²) in [7, 11) is 0. The lowest BCUT2D eigenvalue weighted by molar-refractivity contribution is -0.893. The molecule has 2 fully saturated rings. The molecule has 1 N–H and O–H groups in total. The second kappa shape index (κ2) is 10.7. The fourth-order valence-corrected chi connectivity index (χ4v) is 6.77. The van der Waals surface area contributed by atoms with E-state index in [1.165, 1.54) is 27.9 Å². The van der Waals surface area contributed by atoms with Crippen LogP contribution >= 0.6 is 23.4 Å². The number of aromatic nitrogens is 2. The number of likely N-dealkylation sites (tertiary alicyclic amines) is 1. The van der Waals surface area contributed by atoms with E-state index >= 15 is 0 Å². The van der Waals surface area contributed by atoms with Crippen LogP contribution in [0, 0.1) is 5.92 Å². The van der Waals surface area contributed by atoms with Gasteiger partial charge >= 0.3 is 12.3 Å². The van der Waals surface area contributed by atoms with E-state index < -0.39 is 34.5 Å². The number of benzene rings is 2. The van der Waals surface area contributed by atoms with Gasteiger partial charge in [0.15, 0.2) is 0 Å².